The standard InChI is InChI=1S/C14H18N2O2/c1-10-9-16(6-5-15-10)14(17)12-2-3-13-11(8-12)4-7-18-13/h2-3,8,10,15H,4-7,9H2,1H3. The molecule has 4 nitrogen and oxygen atoms in total. The van der Waals surface area contributed by atoms with Crippen LogP contribution in [-0.2, 0) is 6.42 Å². The van der Waals surface area contributed by atoms with Crippen molar-refractivity contribution < 1.29 is 9.53 Å². The molecular weight excluding hydrogens is 228 g/mol. The van der Waals surface area contributed by atoms with Crippen LogP contribution in [0, 0.1) is 0 Å². The van der Waals surface area contributed by atoms with Crippen LogP contribution in [0.5, 0.6) is 5.75 Å². The summed E-state index contributed by atoms with van der Waals surface area (Å²) in [5.74, 6) is 1.07. The first-order chi connectivity index (χ1) is 8.74. The number of benzene rings is 1. The number of carbonyl (C=O) groups is 1. The highest BCUT2D eigenvalue weighted by Gasteiger charge is 2.23. The van der Waals surface area contributed by atoms with Gasteiger partial charge >= 0.3 is 0 Å². The predicted octanol–water partition coefficient (Wildman–Crippen LogP) is 1.06. The summed E-state index contributed by atoms with van der Waals surface area (Å²) in [5.41, 5.74) is 1.94. The number of rotatable bonds is 1. The van der Waals surface area contributed by atoms with E-state index in [0.29, 0.717) is 6.04 Å². The number of nitrogens with one attached hydrogen (secondary N) is 1. The van der Waals surface area contributed by atoms with E-state index < -0.39 is 0 Å². The highest BCUT2D eigenvalue weighted by molar-refractivity contribution is 5.94. The van der Waals surface area contributed by atoms with Gasteiger partial charge < -0.3 is 15.0 Å². The van der Waals surface area contributed by atoms with Gasteiger partial charge in [-0.3, -0.25) is 4.79 Å². The smallest absolute Gasteiger partial charge is 0.253 e. The first-order valence-corrected chi connectivity index (χ1v) is 6.52. The zero-order valence-corrected chi connectivity index (χ0v) is 10.6. The second-order valence-corrected chi connectivity index (χ2v) is 5.03. The van der Waals surface area contributed by atoms with Crippen molar-refractivity contribution in [3.05, 3.63) is 29.3 Å². The maximum atomic E-state index is 12.4. The normalized spacial score (nSPS) is 22.5. The van der Waals surface area contributed by atoms with E-state index in [1.54, 1.807) is 0 Å². The fourth-order valence-electron chi connectivity index (χ4n) is 2.62. The van der Waals surface area contributed by atoms with Gasteiger partial charge in [0, 0.05) is 37.7 Å². The summed E-state index contributed by atoms with van der Waals surface area (Å²) < 4.78 is 5.46. The molecule has 2 aliphatic rings. The number of ether oxygens (including phenoxy) is 1. The Morgan fingerprint density at radius 2 is 2.39 bits per heavy atom. The van der Waals surface area contributed by atoms with Crippen LogP contribution < -0.4 is 10.1 Å². The van der Waals surface area contributed by atoms with Gasteiger partial charge in [-0.05, 0) is 30.7 Å². The Morgan fingerprint density at radius 3 is 3.22 bits per heavy atom. The minimum Gasteiger partial charge on any atom is -0.493 e. The number of piperazine rings is 1. The molecule has 18 heavy (non-hydrogen) atoms. The molecule has 1 fully saturated rings. The van der Waals surface area contributed by atoms with Crippen LogP contribution in [0.3, 0.4) is 0 Å². The Labute approximate surface area is 107 Å². The third kappa shape index (κ3) is 2.08. The third-order valence-electron chi connectivity index (χ3n) is 3.59. The average Bonchev–Trinajstić information content (AvgIpc) is 2.85. The highest BCUT2D eigenvalue weighted by atomic mass is 16.5. The fourth-order valence-corrected chi connectivity index (χ4v) is 2.62. The number of fused-ring (bicyclic) bond motifs is 1. The number of hydrogen-bond donors (Lipinski definition) is 1. The molecule has 2 aliphatic heterocycles. The van der Waals surface area contributed by atoms with E-state index in [2.05, 4.69) is 12.2 Å². The largest absolute Gasteiger partial charge is 0.493 e. The lowest BCUT2D eigenvalue weighted by atomic mass is 10.1. The number of amides is 1. The van der Waals surface area contributed by atoms with Crippen molar-refractivity contribution >= 4 is 5.91 Å². The third-order valence-corrected chi connectivity index (χ3v) is 3.59. The Morgan fingerprint density at radius 1 is 1.50 bits per heavy atom. The molecule has 2 heterocycles. The van der Waals surface area contributed by atoms with E-state index in [4.69, 9.17) is 4.74 Å². The van der Waals surface area contributed by atoms with E-state index in [1.807, 2.05) is 23.1 Å². The van der Waals surface area contributed by atoms with Gasteiger partial charge in [0.1, 0.15) is 5.75 Å². The summed E-state index contributed by atoms with van der Waals surface area (Å²) in [6, 6.07) is 6.15. The molecule has 0 aliphatic carbocycles. The Hall–Kier alpha value is -1.55. The van der Waals surface area contributed by atoms with Crippen LogP contribution in [0.2, 0.25) is 0 Å². The van der Waals surface area contributed by atoms with Crippen LogP contribution >= 0.6 is 0 Å². The molecule has 0 saturated carbocycles. The van der Waals surface area contributed by atoms with E-state index >= 15 is 0 Å². The van der Waals surface area contributed by atoms with E-state index in [-0.39, 0.29) is 5.91 Å². The maximum absolute atomic E-state index is 12.4. The molecule has 0 bridgehead atoms. The van der Waals surface area contributed by atoms with Crippen LogP contribution in [0.25, 0.3) is 0 Å². The monoisotopic (exact) mass is 246 g/mol. The van der Waals surface area contributed by atoms with Gasteiger partial charge in [-0.15, -0.1) is 0 Å². The summed E-state index contributed by atoms with van der Waals surface area (Å²) in [6.07, 6.45) is 0.911. The van der Waals surface area contributed by atoms with Crippen LogP contribution in [0.1, 0.15) is 22.8 Å². The van der Waals surface area contributed by atoms with E-state index in [1.165, 1.54) is 0 Å². The van der Waals surface area contributed by atoms with Gasteiger partial charge in [-0.1, -0.05) is 0 Å². The van der Waals surface area contributed by atoms with Gasteiger partial charge in [0.25, 0.3) is 5.91 Å². The van der Waals surface area contributed by atoms with E-state index in [0.717, 1.165) is 49.5 Å². The predicted molar refractivity (Wildman–Crippen MR) is 69.0 cm³/mol. The molecule has 1 saturated heterocycles. The van der Waals surface area contributed by atoms with E-state index in [9.17, 15) is 4.79 Å². The summed E-state index contributed by atoms with van der Waals surface area (Å²) in [4.78, 5) is 14.3. The Bertz CT molecular complexity index is 473. The van der Waals surface area contributed by atoms with Crippen LogP contribution in [0.4, 0.5) is 0 Å². The minimum atomic E-state index is 0.137. The molecule has 1 unspecified atom stereocenters. The van der Waals surface area contributed by atoms with Gasteiger partial charge in [0.2, 0.25) is 0 Å². The summed E-state index contributed by atoms with van der Waals surface area (Å²) in [6.45, 7) is 5.29. The summed E-state index contributed by atoms with van der Waals surface area (Å²) >= 11 is 0. The zero-order valence-electron chi connectivity index (χ0n) is 10.6. The molecule has 0 aromatic heterocycles. The Balaban J connectivity index is 1.79. The zero-order chi connectivity index (χ0) is 12.5. The summed E-state index contributed by atoms with van der Waals surface area (Å²) in [7, 11) is 0. The van der Waals surface area contributed by atoms with Crippen LogP contribution in [-0.4, -0.2) is 43.1 Å². The lowest BCUT2D eigenvalue weighted by molar-refractivity contribution is 0.0709. The first kappa shape index (κ1) is 11.5. The van der Waals surface area contributed by atoms with Crippen LogP contribution in [0.15, 0.2) is 18.2 Å². The maximum Gasteiger partial charge on any atom is 0.253 e. The molecule has 0 spiro atoms. The molecule has 1 amide bonds. The topological polar surface area (TPSA) is 41.6 Å². The molecule has 1 aromatic rings. The molecule has 1 aromatic carbocycles. The second-order valence-electron chi connectivity index (χ2n) is 5.03. The Kier molecular flexibility index (Phi) is 2.96. The molecule has 4 heteroatoms. The molecule has 0 radical (unpaired) electrons. The fraction of sp³-hybridized carbons (Fsp3) is 0.500. The highest BCUT2D eigenvalue weighted by Crippen LogP contribution is 2.26. The molecular formula is C14H18N2O2. The second kappa shape index (κ2) is 4.61. The van der Waals surface area contributed by atoms with Crippen molar-refractivity contribution in [2.24, 2.45) is 0 Å². The van der Waals surface area contributed by atoms with Crippen molar-refractivity contribution in [3.63, 3.8) is 0 Å². The van der Waals surface area contributed by atoms with Gasteiger partial charge in [-0.2, -0.15) is 0 Å². The minimum absolute atomic E-state index is 0.137. The van der Waals surface area contributed by atoms with Gasteiger partial charge in [0.15, 0.2) is 0 Å². The van der Waals surface area contributed by atoms with Crippen molar-refractivity contribution in [2.75, 3.05) is 26.2 Å². The van der Waals surface area contributed by atoms with Crippen molar-refractivity contribution in [1.82, 2.24) is 10.2 Å². The molecule has 96 valence electrons. The van der Waals surface area contributed by atoms with Crippen molar-refractivity contribution in [1.29, 1.82) is 0 Å². The van der Waals surface area contributed by atoms with Gasteiger partial charge in [-0.25, -0.2) is 0 Å². The van der Waals surface area contributed by atoms with Gasteiger partial charge in [0.05, 0.1) is 6.61 Å². The lowest BCUT2D eigenvalue weighted by Crippen LogP contribution is -2.51. The number of carbonyl (C=O) groups excluding carboxylic acids is 1. The quantitative estimate of drug-likeness (QED) is 0.805. The molecule has 1 atom stereocenters. The average molecular weight is 246 g/mol. The number of nitrogens with zero attached hydrogens (tertiary/aromatic N) is 1. The summed E-state index contributed by atoms with van der Waals surface area (Å²) in [5, 5.41) is 3.35. The molecule has 1 N–H and O–H groups in total. The molecule has 3 rings (SSSR count). The van der Waals surface area contributed by atoms with Crippen molar-refractivity contribution in [3.8, 4) is 5.75 Å². The number of hydrogen-bond acceptors (Lipinski definition) is 3. The SMILES string of the molecule is CC1CN(C(=O)c2ccc3c(c2)CCO3)CCN1. The van der Waals surface area contributed by atoms with Crippen molar-refractivity contribution in [2.45, 2.75) is 19.4 Å². The lowest BCUT2D eigenvalue weighted by Gasteiger charge is -2.32. The first-order valence-electron chi connectivity index (χ1n) is 6.52.